The fourth-order valence-corrected chi connectivity index (χ4v) is 15.3. The van der Waals surface area contributed by atoms with Gasteiger partial charge in [0, 0.05) is 54.9 Å². The van der Waals surface area contributed by atoms with Crippen molar-refractivity contribution in [3.05, 3.63) is 448 Å². The van der Waals surface area contributed by atoms with E-state index in [1.807, 2.05) is 261 Å². The van der Waals surface area contributed by atoms with Gasteiger partial charge < -0.3 is 8.83 Å². The van der Waals surface area contributed by atoms with E-state index in [2.05, 4.69) is 78.9 Å². The molecule has 122 heavy (non-hydrogen) atoms. The third kappa shape index (κ3) is 15.0. The number of hydrogen-bond donors (Lipinski definition) is 0. The van der Waals surface area contributed by atoms with E-state index in [0.29, 0.717) is 78.4 Å². The molecule has 0 bridgehead atoms. The highest BCUT2D eigenvalue weighted by Crippen LogP contribution is 2.45. The molecule has 0 saturated carbocycles. The summed E-state index contributed by atoms with van der Waals surface area (Å²) in [5.74, 6) is 1.56. The van der Waals surface area contributed by atoms with Crippen LogP contribution in [0.25, 0.3) is 223 Å². The van der Waals surface area contributed by atoms with E-state index in [0.717, 1.165) is 94.2 Å². The Morgan fingerprint density at radius 1 is 0.156 bits per heavy atom. The van der Waals surface area contributed by atoms with Crippen molar-refractivity contribution in [1.29, 1.82) is 0 Å². The first-order valence-electron chi connectivity index (χ1n) is 48.5. The minimum absolute atomic E-state index is 0.0380. The summed E-state index contributed by atoms with van der Waals surface area (Å²) in [7, 11) is 0. The number of aromatic nitrogens is 6. The number of rotatable bonds is 16. The van der Waals surface area contributed by atoms with Crippen LogP contribution in [0, 0.1) is 0 Å². The van der Waals surface area contributed by atoms with Crippen LogP contribution in [0.15, 0.2) is 457 Å². The molecular formula is C114H74N6O2. The Hall–Kier alpha value is -16.4. The summed E-state index contributed by atoms with van der Waals surface area (Å²) in [6, 6.07) is 101. The molecule has 0 unspecified atom stereocenters. The maximum Gasteiger partial charge on any atom is 0.164 e. The quantitative estimate of drug-likeness (QED) is 0.0942. The highest BCUT2D eigenvalue weighted by Gasteiger charge is 2.23. The van der Waals surface area contributed by atoms with Crippen molar-refractivity contribution in [1.82, 2.24) is 29.9 Å². The van der Waals surface area contributed by atoms with Gasteiger partial charge in [-0.2, -0.15) is 0 Å². The molecule has 0 saturated heterocycles. The van der Waals surface area contributed by atoms with Crippen molar-refractivity contribution in [2.75, 3.05) is 0 Å². The van der Waals surface area contributed by atoms with Gasteiger partial charge in [-0.05, 0) is 160 Å². The Labute approximate surface area is 731 Å². The summed E-state index contributed by atoms with van der Waals surface area (Å²) in [6.45, 7) is 0. The third-order valence-electron chi connectivity index (χ3n) is 21.4. The van der Waals surface area contributed by atoms with Gasteiger partial charge in [0.25, 0.3) is 0 Å². The van der Waals surface area contributed by atoms with E-state index < -0.39 is 125 Å². The van der Waals surface area contributed by atoms with Crippen molar-refractivity contribution in [3.8, 4) is 180 Å². The second-order valence-corrected chi connectivity index (χ2v) is 29.0. The number of benzene rings is 18. The summed E-state index contributed by atoms with van der Waals surface area (Å²) in [4.78, 5) is 29.6. The largest absolute Gasteiger partial charge is 0.456 e. The lowest BCUT2D eigenvalue weighted by Gasteiger charge is -2.10. The second-order valence-electron chi connectivity index (χ2n) is 29.0. The van der Waals surface area contributed by atoms with Crippen LogP contribution in [-0.4, -0.2) is 29.9 Å². The molecule has 4 heterocycles. The molecular weight excluding hydrogens is 1490 g/mol. The molecule has 8 nitrogen and oxygen atoms in total. The summed E-state index contributed by atoms with van der Waals surface area (Å²) in [5.41, 5.74) is 17.9. The SMILES string of the molecule is [2H]c1c([2H])c([2H])c(-c2c([2H])c([2H])c(-c3cc(-c4ccccc4)cc4oc5cc(-c6nc(-c7ccc(-c8ccccc8)cc7)nc(-c7ccc(-c8ccccc8)cc7)n6)ccc5c34)c([2H])c2[2H])c([2H])c1[2H].[2H]c1c([2H])c([2H])c(-c2c([2H])c([2H])c(-c3nc(-c4ccc(-c5ccccc5)cc4)nc(-c4ccc5c(c4)oc4cc(-c6ccccc6)cc(-c6ccc(-c7ccccc7)cc6)c45)n3)c([2H])c2[2H])c([2H])c1[2H]. The Morgan fingerprint density at radius 3 is 0.697 bits per heavy atom. The molecule has 0 aliphatic rings. The maximum atomic E-state index is 9.40. The lowest BCUT2D eigenvalue weighted by molar-refractivity contribution is 0.669. The molecule has 4 aromatic heterocycles. The fraction of sp³-hybridized carbons (Fsp3) is 0. The average Bonchev–Trinajstić information content (AvgIpc) is 1.13. The van der Waals surface area contributed by atoms with Gasteiger partial charge >= 0.3 is 0 Å². The average molecular weight is 1580 g/mol. The topological polar surface area (TPSA) is 104 Å². The predicted octanol–water partition coefficient (Wildman–Crippen LogP) is 30.2. The number of fused-ring (bicyclic) bond motifs is 6. The van der Waals surface area contributed by atoms with E-state index >= 15 is 0 Å². The molecule has 22 rings (SSSR count). The van der Waals surface area contributed by atoms with Crippen molar-refractivity contribution in [2.24, 2.45) is 0 Å². The molecule has 22 aromatic rings. The number of furan rings is 2. The molecule has 18 aromatic carbocycles. The highest BCUT2D eigenvalue weighted by atomic mass is 16.3. The molecule has 0 radical (unpaired) electrons. The summed E-state index contributed by atoms with van der Waals surface area (Å²) >= 11 is 0. The van der Waals surface area contributed by atoms with E-state index in [-0.39, 0.29) is 34.2 Å². The molecule has 0 fully saturated rings. The Bertz CT molecular complexity index is 8500. The van der Waals surface area contributed by atoms with E-state index in [1.54, 1.807) is 0 Å². The van der Waals surface area contributed by atoms with E-state index in [1.165, 1.54) is 0 Å². The zero-order valence-corrected chi connectivity index (χ0v) is 64.8. The zero-order valence-electron chi connectivity index (χ0n) is 82.8. The normalized spacial score (nSPS) is 13.3. The van der Waals surface area contributed by atoms with Crippen LogP contribution < -0.4 is 0 Å². The molecule has 572 valence electrons. The minimum atomic E-state index is -0.659. The summed E-state index contributed by atoms with van der Waals surface area (Å²) in [5, 5.41) is 2.94. The van der Waals surface area contributed by atoms with Gasteiger partial charge in [0.2, 0.25) is 0 Å². The molecule has 0 spiro atoms. The summed E-state index contributed by atoms with van der Waals surface area (Å²) in [6.07, 6.45) is 0. The van der Waals surface area contributed by atoms with Gasteiger partial charge in [0.15, 0.2) is 34.9 Å². The number of nitrogens with zero attached hydrogens (tertiary/aromatic N) is 6. The maximum absolute atomic E-state index is 9.40. The van der Waals surface area contributed by atoms with Crippen LogP contribution in [0.4, 0.5) is 0 Å². The van der Waals surface area contributed by atoms with Crippen molar-refractivity contribution in [3.63, 3.8) is 0 Å². The smallest absolute Gasteiger partial charge is 0.164 e. The molecule has 8 heteroatoms. The second kappa shape index (κ2) is 32.6. The van der Waals surface area contributed by atoms with Crippen LogP contribution in [0.1, 0.15) is 24.7 Å². The van der Waals surface area contributed by atoms with Gasteiger partial charge in [-0.15, -0.1) is 0 Å². The first-order valence-corrected chi connectivity index (χ1v) is 39.5. The zero-order chi connectivity index (χ0) is 96.7. The van der Waals surface area contributed by atoms with Crippen LogP contribution >= 0.6 is 0 Å². The Kier molecular flexibility index (Phi) is 15.0. The molecule has 0 aliphatic carbocycles. The number of hydrogen-bond acceptors (Lipinski definition) is 8. The Morgan fingerprint density at radius 2 is 0.377 bits per heavy atom. The lowest BCUT2D eigenvalue weighted by atomic mass is 9.93. The Balaban J connectivity index is 0.000000166. The lowest BCUT2D eigenvalue weighted by Crippen LogP contribution is -2.00. The summed E-state index contributed by atoms with van der Waals surface area (Å²) < 4.78 is 171. The van der Waals surface area contributed by atoms with Crippen molar-refractivity contribution < 1.29 is 33.5 Å². The standard InChI is InChI=1S/2C57H37N3O/c2*1-5-13-38(14-6-1)42-21-27-45(28-22-42)51-35-49(41-19-11-4-12-20-41)37-53-54(51)50-34-33-48(36-52(50)61-53)57-59-55(46-29-23-43(24-30-46)39-15-7-2-8-16-39)58-56(60-57)47-31-25-44(26-32-47)40-17-9-3-10-18-40/h2*1-37H/i2D,7D,8D,15D,16D,23D,24D,29D,30D;1D,5D,6D,13D,14D,21D,22D,27D,28D. The van der Waals surface area contributed by atoms with Gasteiger partial charge in [-0.1, -0.05) is 400 Å². The molecule has 0 amide bonds. The minimum Gasteiger partial charge on any atom is -0.456 e. The third-order valence-corrected chi connectivity index (χ3v) is 21.4. The van der Waals surface area contributed by atoms with E-state index in [9.17, 15) is 8.22 Å². The highest BCUT2D eigenvalue weighted by molar-refractivity contribution is 6.16. The van der Waals surface area contributed by atoms with Gasteiger partial charge in [-0.3, -0.25) is 0 Å². The van der Waals surface area contributed by atoms with Crippen LogP contribution in [0.2, 0.25) is 0 Å². The first kappa shape index (κ1) is 56.0. The molecule has 0 N–H and O–H groups in total. The monoisotopic (exact) mass is 1580 g/mol. The van der Waals surface area contributed by atoms with Crippen molar-refractivity contribution in [2.45, 2.75) is 0 Å². The van der Waals surface area contributed by atoms with Crippen LogP contribution in [0.3, 0.4) is 0 Å². The van der Waals surface area contributed by atoms with E-state index in [4.69, 9.17) is 55.2 Å². The van der Waals surface area contributed by atoms with Gasteiger partial charge in [0.1, 0.15) is 22.3 Å². The predicted molar refractivity (Wildman–Crippen MR) is 501 cm³/mol. The van der Waals surface area contributed by atoms with Gasteiger partial charge in [-0.25, -0.2) is 29.9 Å². The fourth-order valence-electron chi connectivity index (χ4n) is 15.3. The molecule has 0 atom stereocenters. The van der Waals surface area contributed by atoms with Crippen LogP contribution in [-0.2, 0) is 0 Å². The van der Waals surface area contributed by atoms with Crippen molar-refractivity contribution >= 4 is 43.9 Å². The molecule has 0 aliphatic heterocycles. The first-order chi connectivity index (χ1) is 67.9. The van der Waals surface area contributed by atoms with Gasteiger partial charge in [0.05, 0.1) is 24.7 Å². The van der Waals surface area contributed by atoms with Crippen LogP contribution in [0.5, 0.6) is 0 Å².